The molecule has 0 unspecified atom stereocenters. The number of hydrogen-bond donors (Lipinski definition) is 1. The van der Waals surface area contributed by atoms with Gasteiger partial charge in [-0.15, -0.1) is 0 Å². The molecular weight excluding hydrogens is 338 g/mol. The topological polar surface area (TPSA) is 53.5 Å². The Balaban J connectivity index is 1.35. The van der Waals surface area contributed by atoms with Gasteiger partial charge < -0.3 is 19.9 Å². The molecule has 6 nitrogen and oxygen atoms in total. The van der Waals surface area contributed by atoms with Crippen LogP contribution >= 0.6 is 0 Å². The van der Waals surface area contributed by atoms with Crippen molar-refractivity contribution < 1.29 is 4.74 Å². The Hall–Kier alpha value is -2.50. The SMILES string of the molecule is COc1ccc(N2CCN(c3nccc(NC4CCCCC4)n3)CC2)cc1. The Morgan fingerprint density at radius 3 is 2.33 bits per heavy atom. The van der Waals surface area contributed by atoms with Crippen LogP contribution in [0.5, 0.6) is 5.75 Å². The maximum Gasteiger partial charge on any atom is 0.227 e. The summed E-state index contributed by atoms with van der Waals surface area (Å²) >= 11 is 0. The van der Waals surface area contributed by atoms with Gasteiger partial charge in [0.05, 0.1) is 7.11 Å². The average Bonchev–Trinajstić information content (AvgIpc) is 2.75. The third kappa shape index (κ3) is 4.43. The lowest BCUT2D eigenvalue weighted by Gasteiger charge is -2.36. The summed E-state index contributed by atoms with van der Waals surface area (Å²) in [4.78, 5) is 14.0. The summed E-state index contributed by atoms with van der Waals surface area (Å²) in [6, 6.07) is 10.8. The third-order valence-corrected chi connectivity index (χ3v) is 5.60. The van der Waals surface area contributed by atoms with E-state index in [0.717, 1.165) is 43.7 Å². The van der Waals surface area contributed by atoms with Crippen LogP contribution in [0.15, 0.2) is 36.5 Å². The van der Waals surface area contributed by atoms with Crippen LogP contribution in [0.1, 0.15) is 32.1 Å². The molecule has 0 spiro atoms. The minimum atomic E-state index is 0.563. The van der Waals surface area contributed by atoms with Crippen LogP contribution in [0.4, 0.5) is 17.5 Å². The predicted octanol–water partition coefficient (Wildman–Crippen LogP) is 3.56. The highest BCUT2D eigenvalue weighted by molar-refractivity contribution is 5.51. The molecule has 1 aromatic carbocycles. The lowest BCUT2D eigenvalue weighted by Crippen LogP contribution is -2.47. The number of aromatic nitrogens is 2. The zero-order chi connectivity index (χ0) is 18.5. The fourth-order valence-corrected chi connectivity index (χ4v) is 3.99. The molecule has 1 saturated carbocycles. The zero-order valence-electron chi connectivity index (χ0n) is 16.1. The largest absolute Gasteiger partial charge is 0.497 e. The molecule has 1 N–H and O–H groups in total. The molecule has 0 radical (unpaired) electrons. The minimum absolute atomic E-state index is 0.563. The van der Waals surface area contributed by atoms with Gasteiger partial charge in [0.25, 0.3) is 0 Å². The van der Waals surface area contributed by atoms with Crippen LogP contribution in [0.25, 0.3) is 0 Å². The summed E-state index contributed by atoms with van der Waals surface area (Å²) in [5.41, 5.74) is 1.24. The van der Waals surface area contributed by atoms with Crippen LogP contribution in [0.3, 0.4) is 0 Å². The van der Waals surface area contributed by atoms with E-state index in [0.29, 0.717) is 6.04 Å². The molecule has 0 atom stereocenters. The zero-order valence-corrected chi connectivity index (χ0v) is 16.1. The molecule has 0 amide bonds. The number of piperazine rings is 1. The maximum absolute atomic E-state index is 5.25. The quantitative estimate of drug-likeness (QED) is 0.872. The molecule has 27 heavy (non-hydrogen) atoms. The molecule has 1 aliphatic heterocycles. The Bertz CT molecular complexity index is 722. The van der Waals surface area contributed by atoms with E-state index in [4.69, 9.17) is 9.72 Å². The van der Waals surface area contributed by atoms with Crippen LogP contribution in [0, 0.1) is 0 Å². The van der Waals surface area contributed by atoms with Gasteiger partial charge in [-0.05, 0) is 43.2 Å². The summed E-state index contributed by atoms with van der Waals surface area (Å²) in [6.45, 7) is 3.80. The Labute approximate surface area is 161 Å². The standard InChI is InChI=1S/C21H29N5O/c1-27-19-9-7-18(8-10-19)25-13-15-26(16-14-25)21-22-12-11-20(24-21)23-17-5-3-2-4-6-17/h7-12,17H,2-6,13-16H2,1H3,(H,22,23,24). The van der Waals surface area contributed by atoms with Gasteiger partial charge in [0.15, 0.2) is 0 Å². The second-order valence-electron chi connectivity index (χ2n) is 7.39. The van der Waals surface area contributed by atoms with Gasteiger partial charge in [-0.2, -0.15) is 4.98 Å². The van der Waals surface area contributed by atoms with Crippen molar-refractivity contribution in [3.05, 3.63) is 36.5 Å². The van der Waals surface area contributed by atoms with E-state index >= 15 is 0 Å². The first kappa shape index (κ1) is 17.9. The molecule has 1 saturated heterocycles. The van der Waals surface area contributed by atoms with Crippen molar-refractivity contribution in [3.63, 3.8) is 0 Å². The van der Waals surface area contributed by atoms with Gasteiger partial charge >= 0.3 is 0 Å². The van der Waals surface area contributed by atoms with Crippen LogP contribution in [0.2, 0.25) is 0 Å². The number of nitrogens with one attached hydrogen (secondary N) is 1. The highest BCUT2D eigenvalue weighted by Gasteiger charge is 2.20. The molecular formula is C21H29N5O. The molecule has 144 valence electrons. The van der Waals surface area contributed by atoms with Gasteiger partial charge in [0.1, 0.15) is 11.6 Å². The van der Waals surface area contributed by atoms with Crippen molar-refractivity contribution in [1.82, 2.24) is 9.97 Å². The molecule has 4 rings (SSSR count). The monoisotopic (exact) mass is 367 g/mol. The number of benzene rings is 1. The highest BCUT2D eigenvalue weighted by Crippen LogP contribution is 2.23. The number of ether oxygens (including phenoxy) is 1. The fraction of sp³-hybridized carbons (Fsp3) is 0.524. The van der Waals surface area contributed by atoms with Crippen LogP contribution in [-0.4, -0.2) is 49.3 Å². The van der Waals surface area contributed by atoms with Gasteiger partial charge in [0, 0.05) is 44.1 Å². The molecule has 6 heteroatoms. The van der Waals surface area contributed by atoms with E-state index in [9.17, 15) is 0 Å². The predicted molar refractivity (Wildman–Crippen MR) is 110 cm³/mol. The number of nitrogens with zero attached hydrogens (tertiary/aromatic N) is 4. The highest BCUT2D eigenvalue weighted by atomic mass is 16.5. The van der Waals surface area contributed by atoms with Crippen molar-refractivity contribution in [2.24, 2.45) is 0 Å². The Morgan fingerprint density at radius 2 is 1.63 bits per heavy atom. The van der Waals surface area contributed by atoms with Gasteiger partial charge in [-0.1, -0.05) is 19.3 Å². The smallest absolute Gasteiger partial charge is 0.227 e. The fourth-order valence-electron chi connectivity index (χ4n) is 3.99. The molecule has 1 aromatic heterocycles. The van der Waals surface area contributed by atoms with E-state index in [1.807, 2.05) is 24.4 Å². The summed E-state index contributed by atoms with van der Waals surface area (Å²) in [7, 11) is 1.70. The van der Waals surface area contributed by atoms with Crippen LogP contribution < -0.4 is 19.9 Å². The Morgan fingerprint density at radius 1 is 0.926 bits per heavy atom. The summed E-state index contributed by atoms with van der Waals surface area (Å²) < 4.78 is 5.25. The molecule has 2 aliphatic rings. The molecule has 2 fully saturated rings. The first-order chi connectivity index (χ1) is 13.3. The summed E-state index contributed by atoms with van der Waals surface area (Å²) in [6.07, 6.45) is 8.39. The first-order valence-electron chi connectivity index (χ1n) is 10.1. The first-order valence-corrected chi connectivity index (χ1v) is 10.1. The Kier molecular flexibility index (Phi) is 5.61. The van der Waals surface area contributed by atoms with Crippen molar-refractivity contribution in [2.75, 3.05) is 48.4 Å². The number of anilines is 3. The second kappa shape index (κ2) is 8.46. The molecule has 1 aliphatic carbocycles. The summed E-state index contributed by atoms with van der Waals surface area (Å²) in [5, 5.41) is 3.61. The van der Waals surface area contributed by atoms with E-state index in [1.54, 1.807) is 7.11 Å². The normalized spacial score (nSPS) is 18.4. The van der Waals surface area contributed by atoms with Crippen LogP contribution in [-0.2, 0) is 0 Å². The summed E-state index contributed by atoms with van der Waals surface area (Å²) in [5.74, 6) is 2.70. The van der Waals surface area contributed by atoms with Crippen molar-refractivity contribution in [3.8, 4) is 5.75 Å². The van der Waals surface area contributed by atoms with E-state index in [1.165, 1.54) is 37.8 Å². The maximum atomic E-state index is 5.25. The van der Waals surface area contributed by atoms with Gasteiger partial charge in [-0.3, -0.25) is 0 Å². The minimum Gasteiger partial charge on any atom is -0.497 e. The lowest BCUT2D eigenvalue weighted by molar-refractivity contribution is 0.415. The van der Waals surface area contributed by atoms with Crippen molar-refractivity contribution in [2.45, 2.75) is 38.1 Å². The van der Waals surface area contributed by atoms with Gasteiger partial charge in [-0.25, -0.2) is 4.98 Å². The average molecular weight is 367 g/mol. The number of hydrogen-bond acceptors (Lipinski definition) is 6. The molecule has 0 bridgehead atoms. The molecule has 2 heterocycles. The lowest BCUT2D eigenvalue weighted by atomic mass is 9.95. The number of methoxy groups -OCH3 is 1. The third-order valence-electron chi connectivity index (χ3n) is 5.60. The number of rotatable bonds is 5. The van der Waals surface area contributed by atoms with Crippen molar-refractivity contribution >= 4 is 17.5 Å². The van der Waals surface area contributed by atoms with E-state index < -0.39 is 0 Å². The van der Waals surface area contributed by atoms with Gasteiger partial charge in [0.2, 0.25) is 5.95 Å². The second-order valence-corrected chi connectivity index (χ2v) is 7.39. The van der Waals surface area contributed by atoms with E-state index in [-0.39, 0.29) is 0 Å². The molecule has 2 aromatic rings. The van der Waals surface area contributed by atoms with E-state index in [2.05, 4.69) is 32.2 Å². The van der Waals surface area contributed by atoms with Crippen molar-refractivity contribution in [1.29, 1.82) is 0 Å².